The lowest BCUT2D eigenvalue weighted by molar-refractivity contribution is -0.141. The summed E-state index contributed by atoms with van der Waals surface area (Å²) in [6.07, 6.45) is 2.03. The number of rotatable bonds is 5. The number of ether oxygens (including phenoxy) is 1. The van der Waals surface area contributed by atoms with E-state index in [-0.39, 0.29) is 29.9 Å². The Kier molecular flexibility index (Phi) is 4.62. The molecule has 2 aliphatic heterocycles. The van der Waals surface area contributed by atoms with Crippen molar-refractivity contribution in [1.29, 1.82) is 0 Å². The molecule has 2 aliphatic rings. The third-order valence-corrected chi connectivity index (χ3v) is 5.39. The molecule has 0 spiro atoms. The van der Waals surface area contributed by atoms with Crippen LogP contribution in [0.25, 0.3) is 0 Å². The monoisotopic (exact) mass is 334 g/mol. The van der Waals surface area contributed by atoms with Crippen LogP contribution >= 0.6 is 0 Å². The lowest BCUT2D eigenvalue weighted by Gasteiger charge is -2.26. The fourth-order valence-electron chi connectivity index (χ4n) is 3.91. The van der Waals surface area contributed by atoms with Gasteiger partial charge in [0.2, 0.25) is 5.91 Å². The van der Waals surface area contributed by atoms with Crippen molar-refractivity contribution >= 4 is 11.9 Å². The SMILES string of the molecule is Cc1nn(C)c(C)c1[C@H]1[C@H](NCC[C@H]2CCOC2=O)CC(=O)N1C. The zero-order valence-corrected chi connectivity index (χ0v) is 14.8. The van der Waals surface area contributed by atoms with Crippen LogP contribution in [0.1, 0.15) is 42.3 Å². The normalized spacial score (nSPS) is 27.2. The van der Waals surface area contributed by atoms with Crippen molar-refractivity contribution in [1.82, 2.24) is 20.0 Å². The summed E-state index contributed by atoms with van der Waals surface area (Å²) in [7, 11) is 3.78. The van der Waals surface area contributed by atoms with E-state index in [4.69, 9.17) is 4.74 Å². The van der Waals surface area contributed by atoms with Crippen LogP contribution in [-0.2, 0) is 21.4 Å². The highest BCUT2D eigenvalue weighted by Crippen LogP contribution is 2.35. The summed E-state index contributed by atoms with van der Waals surface area (Å²) in [6.45, 7) is 5.27. The van der Waals surface area contributed by atoms with E-state index in [1.54, 1.807) is 0 Å². The first-order chi connectivity index (χ1) is 11.4. The number of likely N-dealkylation sites (tertiary alicyclic amines) is 1. The van der Waals surface area contributed by atoms with E-state index in [0.29, 0.717) is 19.6 Å². The highest BCUT2D eigenvalue weighted by Gasteiger charge is 2.41. The summed E-state index contributed by atoms with van der Waals surface area (Å²) in [5, 5.41) is 7.99. The van der Waals surface area contributed by atoms with Gasteiger partial charge in [-0.2, -0.15) is 5.10 Å². The lowest BCUT2D eigenvalue weighted by Crippen LogP contribution is -2.37. The molecule has 0 radical (unpaired) electrons. The predicted octanol–water partition coefficient (Wildman–Crippen LogP) is 0.852. The molecule has 7 heteroatoms. The van der Waals surface area contributed by atoms with Gasteiger partial charge in [-0.05, 0) is 33.2 Å². The Labute approximate surface area is 142 Å². The standard InChI is InChI=1S/C17H26N4O3/c1-10-15(11(2)21(4)19-10)16-13(9-14(22)20(16)3)18-7-5-12-6-8-24-17(12)23/h12-13,16,18H,5-9H2,1-4H3/t12-,13+,16+/m0/s1. The van der Waals surface area contributed by atoms with Gasteiger partial charge in [-0.25, -0.2) is 0 Å². The minimum Gasteiger partial charge on any atom is -0.465 e. The van der Waals surface area contributed by atoms with Crippen LogP contribution in [-0.4, -0.2) is 52.8 Å². The number of carbonyl (C=O) groups excluding carboxylic acids is 2. The van der Waals surface area contributed by atoms with Gasteiger partial charge in [-0.1, -0.05) is 0 Å². The molecule has 0 saturated carbocycles. The Morgan fingerprint density at radius 2 is 2.04 bits per heavy atom. The van der Waals surface area contributed by atoms with Crippen molar-refractivity contribution in [3.8, 4) is 0 Å². The second-order valence-electron chi connectivity index (χ2n) is 6.86. The van der Waals surface area contributed by atoms with E-state index >= 15 is 0 Å². The van der Waals surface area contributed by atoms with E-state index < -0.39 is 0 Å². The van der Waals surface area contributed by atoms with E-state index in [1.165, 1.54) is 0 Å². The van der Waals surface area contributed by atoms with Gasteiger partial charge in [-0.15, -0.1) is 0 Å². The van der Waals surface area contributed by atoms with Crippen molar-refractivity contribution in [3.05, 3.63) is 17.0 Å². The minimum atomic E-state index is -0.0908. The van der Waals surface area contributed by atoms with Crippen LogP contribution in [0.3, 0.4) is 0 Å². The van der Waals surface area contributed by atoms with E-state index in [2.05, 4.69) is 10.4 Å². The summed E-state index contributed by atoms with van der Waals surface area (Å²) < 4.78 is 6.87. The molecule has 1 aromatic rings. The number of esters is 1. The van der Waals surface area contributed by atoms with Crippen LogP contribution in [0.15, 0.2) is 0 Å². The number of aromatic nitrogens is 2. The maximum absolute atomic E-state index is 12.3. The van der Waals surface area contributed by atoms with Gasteiger partial charge in [-0.3, -0.25) is 14.3 Å². The molecular weight excluding hydrogens is 308 g/mol. The van der Waals surface area contributed by atoms with Crippen molar-refractivity contribution in [3.63, 3.8) is 0 Å². The molecule has 132 valence electrons. The quantitative estimate of drug-likeness (QED) is 0.808. The number of amides is 1. The number of carbonyl (C=O) groups is 2. The zero-order chi connectivity index (χ0) is 17.4. The van der Waals surface area contributed by atoms with Crippen molar-refractivity contribution < 1.29 is 14.3 Å². The third-order valence-electron chi connectivity index (χ3n) is 5.39. The number of hydrogen-bond acceptors (Lipinski definition) is 5. The number of nitrogens with one attached hydrogen (secondary N) is 1. The largest absolute Gasteiger partial charge is 0.465 e. The highest BCUT2D eigenvalue weighted by atomic mass is 16.5. The molecule has 3 heterocycles. The number of nitrogens with zero attached hydrogens (tertiary/aromatic N) is 3. The van der Waals surface area contributed by atoms with Gasteiger partial charge in [0.25, 0.3) is 0 Å². The molecule has 1 aromatic heterocycles. The summed E-state index contributed by atoms with van der Waals surface area (Å²) in [5.41, 5.74) is 3.18. The van der Waals surface area contributed by atoms with Crippen LogP contribution in [0.4, 0.5) is 0 Å². The zero-order valence-electron chi connectivity index (χ0n) is 14.8. The summed E-state index contributed by atoms with van der Waals surface area (Å²) >= 11 is 0. The van der Waals surface area contributed by atoms with Crippen LogP contribution in [0.2, 0.25) is 0 Å². The van der Waals surface area contributed by atoms with Crippen molar-refractivity contribution in [2.75, 3.05) is 20.2 Å². The molecule has 0 aliphatic carbocycles. The number of cyclic esters (lactones) is 1. The molecule has 0 unspecified atom stereocenters. The van der Waals surface area contributed by atoms with Gasteiger partial charge in [0.05, 0.1) is 24.3 Å². The molecule has 2 saturated heterocycles. The molecule has 3 rings (SSSR count). The molecule has 0 aromatic carbocycles. The molecule has 1 amide bonds. The molecule has 1 N–H and O–H groups in total. The lowest BCUT2D eigenvalue weighted by atomic mass is 9.97. The second-order valence-corrected chi connectivity index (χ2v) is 6.86. The number of likely N-dealkylation sites (N-methyl/N-ethyl adjacent to an activating group) is 1. The summed E-state index contributed by atoms with van der Waals surface area (Å²) in [4.78, 5) is 25.6. The third kappa shape index (κ3) is 2.92. The van der Waals surface area contributed by atoms with Gasteiger partial charge in [0, 0.05) is 37.8 Å². The van der Waals surface area contributed by atoms with E-state index in [9.17, 15) is 9.59 Å². The first-order valence-electron chi connectivity index (χ1n) is 8.56. The Morgan fingerprint density at radius 1 is 1.29 bits per heavy atom. The molecule has 7 nitrogen and oxygen atoms in total. The summed E-state index contributed by atoms with van der Waals surface area (Å²) in [5.74, 6) is 0.0417. The average molecular weight is 334 g/mol. The Bertz CT molecular complexity index is 655. The first kappa shape index (κ1) is 17.0. The average Bonchev–Trinajstić information content (AvgIpc) is 3.13. The van der Waals surface area contributed by atoms with Gasteiger partial charge in [0.15, 0.2) is 0 Å². The van der Waals surface area contributed by atoms with Crippen molar-refractivity contribution in [2.24, 2.45) is 13.0 Å². The summed E-state index contributed by atoms with van der Waals surface area (Å²) in [6, 6.07) is 0.0308. The minimum absolute atomic E-state index is 0.00681. The fraction of sp³-hybridized carbons (Fsp3) is 0.706. The second kappa shape index (κ2) is 6.55. The Morgan fingerprint density at radius 3 is 2.62 bits per heavy atom. The predicted molar refractivity (Wildman–Crippen MR) is 88.3 cm³/mol. The molecule has 24 heavy (non-hydrogen) atoms. The molecule has 0 bridgehead atoms. The molecule has 3 atom stereocenters. The van der Waals surface area contributed by atoms with E-state index in [1.807, 2.05) is 37.5 Å². The number of aryl methyl sites for hydroxylation is 2. The van der Waals surface area contributed by atoms with E-state index in [0.717, 1.165) is 29.8 Å². The Hall–Kier alpha value is -1.89. The molecule has 2 fully saturated rings. The van der Waals surface area contributed by atoms with Gasteiger partial charge in [0.1, 0.15) is 0 Å². The maximum atomic E-state index is 12.3. The van der Waals surface area contributed by atoms with Gasteiger partial charge < -0.3 is 15.0 Å². The number of hydrogen-bond donors (Lipinski definition) is 1. The first-order valence-corrected chi connectivity index (χ1v) is 8.56. The highest BCUT2D eigenvalue weighted by molar-refractivity contribution is 5.80. The van der Waals surface area contributed by atoms with Gasteiger partial charge >= 0.3 is 5.97 Å². The van der Waals surface area contributed by atoms with Crippen LogP contribution < -0.4 is 5.32 Å². The maximum Gasteiger partial charge on any atom is 0.309 e. The molecular formula is C17H26N4O3. The fourth-order valence-corrected chi connectivity index (χ4v) is 3.91. The van der Waals surface area contributed by atoms with Crippen molar-refractivity contribution in [2.45, 2.75) is 45.2 Å². The topological polar surface area (TPSA) is 76.5 Å². The smallest absolute Gasteiger partial charge is 0.309 e. The van der Waals surface area contributed by atoms with Crippen LogP contribution in [0.5, 0.6) is 0 Å². The Balaban J connectivity index is 1.71. The van der Waals surface area contributed by atoms with Crippen LogP contribution in [0, 0.1) is 19.8 Å².